The first-order valence-corrected chi connectivity index (χ1v) is 10.1. The fourth-order valence-corrected chi connectivity index (χ4v) is 5.17. The van der Waals surface area contributed by atoms with Crippen molar-refractivity contribution in [3.63, 3.8) is 0 Å². The highest BCUT2D eigenvalue weighted by Gasteiger charge is 2.30. The van der Waals surface area contributed by atoms with Crippen LogP contribution in [0.2, 0.25) is 0 Å². The second-order valence-electron chi connectivity index (χ2n) is 5.19. The van der Waals surface area contributed by atoms with E-state index in [0.29, 0.717) is 17.5 Å². The van der Waals surface area contributed by atoms with Crippen LogP contribution in [0.25, 0.3) is 0 Å². The molecule has 2 unspecified atom stereocenters. The quantitative estimate of drug-likeness (QED) is 0.839. The molecule has 0 spiro atoms. The third-order valence-electron chi connectivity index (χ3n) is 3.75. The molecule has 1 aliphatic rings. The summed E-state index contributed by atoms with van der Waals surface area (Å²) in [6.07, 6.45) is 9.30. The summed E-state index contributed by atoms with van der Waals surface area (Å²) < 4.78 is 28.2. The van der Waals surface area contributed by atoms with Crippen molar-refractivity contribution in [2.24, 2.45) is 0 Å². The molecule has 7 heteroatoms. The average Bonchev–Trinajstić information content (AvgIpc) is 2.48. The summed E-state index contributed by atoms with van der Waals surface area (Å²) in [6.45, 7) is 2.61. The number of aromatic nitrogens is 1. The molecule has 1 saturated carbocycles. The Balaban J connectivity index is 2.21. The Kier molecular flexibility index (Phi) is 5.89. The number of sulfonamides is 1. The summed E-state index contributed by atoms with van der Waals surface area (Å²) in [7, 11) is -3.54. The maximum absolute atomic E-state index is 12.7. The van der Waals surface area contributed by atoms with Crippen LogP contribution in [0, 0.1) is 0 Å². The second kappa shape index (κ2) is 7.47. The molecule has 2 N–H and O–H groups in total. The van der Waals surface area contributed by atoms with E-state index in [1.165, 1.54) is 12.6 Å². The Morgan fingerprint density at radius 3 is 2.86 bits per heavy atom. The Morgan fingerprint density at radius 2 is 2.14 bits per heavy atom. The van der Waals surface area contributed by atoms with E-state index in [-0.39, 0.29) is 10.9 Å². The number of thioether (sulfide) groups is 1. The molecule has 0 saturated heterocycles. The van der Waals surface area contributed by atoms with Gasteiger partial charge in [-0.1, -0.05) is 12.8 Å². The van der Waals surface area contributed by atoms with Gasteiger partial charge >= 0.3 is 0 Å². The number of pyridine rings is 1. The van der Waals surface area contributed by atoms with Crippen LogP contribution in [0.5, 0.6) is 0 Å². The highest BCUT2D eigenvalue weighted by molar-refractivity contribution is 7.99. The standard InChI is InChI=1S/C14H23N3O2S2/c1-3-16-12-8-9-15-10-14(12)21(18,19)17-11-6-4-5-7-13(11)20-2/h8-11,13,17H,3-7H2,1-2H3,(H,15,16). The second-order valence-corrected chi connectivity index (χ2v) is 7.95. The predicted octanol–water partition coefficient (Wildman–Crippen LogP) is 2.47. The van der Waals surface area contributed by atoms with Crippen LogP contribution in [-0.2, 0) is 10.0 Å². The van der Waals surface area contributed by atoms with Crippen LogP contribution in [-0.4, -0.2) is 37.5 Å². The van der Waals surface area contributed by atoms with Crippen molar-refractivity contribution in [3.8, 4) is 0 Å². The van der Waals surface area contributed by atoms with Gasteiger partial charge in [-0.05, 0) is 32.1 Å². The minimum Gasteiger partial charge on any atom is -0.384 e. The van der Waals surface area contributed by atoms with Crippen molar-refractivity contribution >= 4 is 27.5 Å². The van der Waals surface area contributed by atoms with Crippen molar-refractivity contribution in [1.29, 1.82) is 0 Å². The average molecular weight is 329 g/mol. The molecule has 1 aliphatic carbocycles. The summed E-state index contributed by atoms with van der Waals surface area (Å²) in [5, 5.41) is 3.43. The number of nitrogens with one attached hydrogen (secondary N) is 2. The van der Waals surface area contributed by atoms with Crippen LogP contribution in [0.15, 0.2) is 23.4 Å². The van der Waals surface area contributed by atoms with Gasteiger partial charge in [0.2, 0.25) is 10.0 Å². The Bertz CT molecular complexity index is 563. The minimum atomic E-state index is -3.54. The largest absolute Gasteiger partial charge is 0.384 e. The first-order chi connectivity index (χ1) is 10.1. The SMILES string of the molecule is CCNc1ccncc1S(=O)(=O)NC1CCCCC1SC. The monoisotopic (exact) mass is 329 g/mol. The molecule has 0 bridgehead atoms. The van der Waals surface area contributed by atoms with E-state index in [2.05, 4.69) is 15.0 Å². The lowest BCUT2D eigenvalue weighted by atomic mass is 9.96. The topological polar surface area (TPSA) is 71.1 Å². The highest BCUT2D eigenvalue weighted by atomic mass is 32.2. The van der Waals surface area contributed by atoms with Crippen molar-refractivity contribution in [3.05, 3.63) is 18.5 Å². The Labute approximate surface area is 131 Å². The van der Waals surface area contributed by atoms with E-state index >= 15 is 0 Å². The number of anilines is 1. The lowest BCUT2D eigenvalue weighted by Gasteiger charge is -2.30. The minimum absolute atomic E-state index is 0.00781. The van der Waals surface area contributed by atoms with Gasteiger partial charge in [-0.15, -0.1) is 0 Å². The number of hydrogen-bond acceptors (Lipinski definition) is 5. The zero-order valence-corrected chi connectivity index (χ0v) is 14.1. The van der Waals surface area contributed by atoms with E-state index in [0.717, 1.165) is 19.3 Å². The third-order valence-corrected chi connectivity index (χ3v) is 6.44. The smallest absolute Gasteiger partial charge is 0.244 e. The molecule has 1 aromatic rings. The van der Waals surface area contributed by atoms with E-state index in [4.69, 9.17) is 0 Å². The lowest BCUT2D eigenvalue weighted by Crippen LogP contribution is -2.43. The molecule has 0 radical (unpaired) electrons. The maximum atomic E-state index is 12.7. The van der Waals surface area contributed by atoms with Gasteiger partial charge in [0.15, 0.2) is 0 Å². The summed E-state index contributed by atoms with van der Waals surface area (Å²) in [4.78, 5) is 4.20. The van der Waals surface area contributed by atoms with Gasteiger partial charge in [0, 0.05) is 30.2 Å². The fourth-order valence-electron chi connectivity index (χ4n) is 2.71. The molecule has 118 valence electrons. The molecular weight excluding hydrogens is 306 g/mol. The molecule has 21 heavy (non-hydrogen) atoms. The van der Waals surface area contributed by atoms with Gasteiger partial charge in [-0.3, -0.25) is 4.98 Å². The van der Waals surface area contributed by atoms with Crippen LogP contribution < -0.4 is 10.0 Å². The molecule has 0 aromatic carbocycles. The summed E-state index contributed by atoms with van der Waals surface area (Å²) in [6, 6.07) is 1.71. The third kappa shape index (κ3) is 4.11. The normalized spacial score (nSPS) is 23.0. The number of rotatable bonds is 6. The molecule has 1 heterocycles. The fraction of sp³-hybridized carbons (Fsp3) is 0.643. The molecule has 1 aromatic heterocycles. The summed E-state index contributed by atoms with van der Waals surface area (Å²) >= 11 is 1.75. The van der Waals surface area contributed by atoms with Gasteiger partial charge < -0.3 is 5.32 Å². The van der Waals surface area contributed by atoms with Gasteiger partial charge in [0.05, 0.1) is 5.69 Å². The van der Waals surface area contributed by atoms with E-state index in [1.54, 1.807) is 24.0 Å². The van der Waals surface area contributed by atoms with Crippen LogP contribution in [0.3, 0.4) is 0 Å². The molecule has 2 atom stereocenters. The van der Waals surface area contributed by atoms with Gasteiger partial charge in [0.25, 0.3) is 0 Å². The molecule has 5 nitrogen and oxygen atoms in total. The maximum Gasteiger partial charge on any atom is 0.244 e. The van der Waals surface area contributed by atoms with Crippen molar-refractivity contribution in [2.45, 2.75) is 48.8 Å². The van der Waals surface area contributed by atoms with E-state index < -0.39 is 10.0 Å². The van der Waals surface area contributed by atoms with Crippen LogP contribution in [0.1, 0.15) is 32.6 Å². The molecule has 0 aliphatic heterocycles. The van der Waals surface area contributed by atoms with Crippen molar-refractivity contribution in [2.75, 3.05) is 18.1 Å². The zero-order valence-electron chi connectivity index (χ0n) is 12.5. The molecular formula is C14H23N3O2S2. The first-order valence-electron chi connectivity index (χ1n) is 7.31. The Hall–Kier alpha value is -0.790. The van der Waals surface area contributed by atoms with E-state index in [1.807, 2.05) is 13.2 Å². The van der Waals surface area contributed by atoms with Crippen molar-refractivity contribution < 1.29 is 8.42 Å². The van der Waals surface area contributed by atoms with Gasteiger partial charge in [-0.25, -0.2) is 13.1 Å². The number of hydrogen-bond donors (Lipinski definition) is 2. The molecule has 0 amide bonds. The molecule has 1 fully saturated rings. The van der Waals surface area contributed by atoms with E-state index in [9.17, 15) is 8.42 Å². The molecule has 2 rings (SSSR count). The zero-order chi connectivity index (χ0) is 15.3. The first kappa shape index (κ1) is 16.6. The summed E-state index contributed by atoms with van der Waals surface area (Å²) in [5.74, 6) is 0. The van der Waals surface area contributed by atoms with Crippen LogP contribution in [0.4, 0.5) is 5.69 Å². The number of nitrogens with zero attached hydrogens (tertiary/aromatic N) is 1. The van der Waals surface area contributed by atoms with Crippen LogP contribution >= 0.6 is 11.8 Å². The lowest BCUT2D eigenvalue weighted by molar-refractivity contribution is 0.423. The van der Waals surface area contributed by atoms with Gasteiger partial charge in [-0.2, -0.15) is 11.8 Å². The predicted molar refractivity (Wildman–Crippen MR) is 88.3 cm³/mol. The van der Waals surface area contributed by atoms with Gasteiger partial charge in [0.1, 0.15) is 4.90 Å². The van der Waals surface area contributed by atoms with Crippen molar-refractivity contribution in [1.82, 2.24) is 9.71 Å². The Morgan fingerprint density at radius 1 is 1.38 bits per heavy atom. The summed E-state index contributed by atoms with van der Waals surface area (Å²) in [5.41, 5.74) is 0.608. The highest BCUT2D eigenvalue weighted by Crippen LogP contribution is 2.29.